The van der Waals surface area contributed by atoms with E-state index >= 15 is 0 Å². The van der Waals surface area contributed by atoms with E-state index < -0.39 is 0 Å². The first-order chi connectivity index (χ1) is 26.8. The van der Waals surface area contributed by atoms with Crippen LogP contribution in [-0.4, -0.2) is 96.7 Å². The van der Waals surface area contributed by atoms with Crippen molar-refractivity contribution < 1.29 is 14.5 Å². The maximum absolute atomic E-state index is 4.87. The Balaban J connectivity index is 0.000000335. The molecule has 18 nitrogen and oxygen atoms in total. The second kappa shape index (κ2) is 28.2. The summed E-state index contributed by atoms with van der Waals surface area (Å²) >= 11 is 0. The van der Waals surface area contributed by atoms with Gasteiger partial charge in [0.1, 0.15) is 48.9 Å². The van der Waals surface area contributed by atoms with E-state index in [2.05, 4.69) is 112 Å². The van der Waals surface area contributed by atoms with Crippen molar-refractivity contribution >= 4 is 44.4 Å². The maximum atomic E-state index is 4.87. The molecule has 0 spiro atoms. The number of benzene rings is 1. The van der Waals surface area contributed by atoms with Crippen LogP contribution in [0.5, 0.6) is 0 Å². The highest BCUT2D eigenvalue weighted by Gasteiger charge is 2.04. The van der Waals surface area contributed by atoms with Crippen LogP contribution in [0.25, 0.3) is 44.4 Å². The number of nitrogens with zero attached hydrogens (tertiary/aromatic N) is 15. The number of aromatic nitrogens is 15. The fourth-order valence-electron chi connectivity index (χ4n) is 3.62. The molecule has 8 rings (SSSR count). The fourth-order valence-corrected chi connectivity index (χ4v) is 3.62. The molecular weight excluding hydrogens is 703 g/mol. The molecule has 0 unspecified atom stereocenters. The van der Waals surface area contributed by atoms with Gasteiger partial charge in [-0.3, -0.25) is 4.98 Å². The quantitative estimate of drug-likeness (QED) is 0.195. The normalized spacial score (nSPS) is 9.38. The monoisotopic (exact) mass is 759 g/mol. The summed E-state index contributed by atoms with van der Waals surface area (Å²) in [4.78, 5) is 30.4. The number of aryl methyl sites for hydroxylation is 1. The summed E-state index contributed by atoms with van der Waals surface area (Å²) in [6.45, 7) is 17.0. The lowest BCUT2D eigenvalue weighted by Gasteiger charge is -1.94. The molecule has 0 atom stereocenters. The number of hydrogen-bond acceptors (Lipinski definition) is 14. The predicted molar refractivity (Wildman–Crippen MR) is 216 cm³/mol. The van der Waals surface area contributed by atoms with Crippen LogP contribution in [0.3, 0.4) is 0 Å². The van der Waals surface area contributed by atoms with Crippen LogP contribution in [-0.2, 0) is 7.05 Å². The van der Waals surface area contributed by atoms with E-state index in [1.165, 1.54) is 61.5 Å². The molecule has 0 radical (unpaired) electrons. The predicted octanol–water partition coefficient (Wildman–Crippen LogP) is 6.29. The van der Waals surface area contributed by atoms with Gasteiger partial charge in [0.25, 0.3) is 0 Å². The Morgan fingerprint density at radius 1 is 0.473 bits per heavy atom. The Bertz CT molecular complexity index is 1940. The highest BCUT2D eigenvalue weighted by atomic mass is 16.7. The Labute approximate surface area is 322 Å². The maximum Gasteiger partial charge on any atom is 0.219 e. The summed E-state index contributed by atoms with van der Waals surface area (Å²) in [5.41, 5.74) is 6.30. The van der Waals surface area contributed by atoms with Crippen molar-refractivity contribution in [2.75, 3.05) is 21.3 Å². The topological polar surface area (TPSA) is 189 Å². The van der Waals surface area contributed by atoms with Crippen LogP contribution in [0, 0.1) is 0 Å². The third-order valence-corrected chi connectivity index (χ3v) is 5.63. The lowest BCUT2D eigenvalue weighted by atomic mass is 10.3. The zero-order chi connectivity index (χ0) is 40.8. The van der Waals surface area contributed by atoms with Gasteiger partial charge in [-0.15, -0.1) is 20.4 Å². The van der Waals surface area contributed by atoms with Crippen molar-refractivity contribution in [3.05, 3.63) is 79.4 Å². The molecule has 0 bridgehead atoms. The molecule has 0 aliphatic heterocycles. The van der Waals surface area contributed by atoms with Gasteiger partial charge < -0.3 is 14.5 Å². The third-order valence-electron chi connectivity index (χ3n) is 5.63. The average Bonchev–Trinajstić information content (AvgIpc) is 4.02. The molecule has 0 saturated heterocycles. The first-order valence-electron chi connectivity index (χ1n) is 18.1. The smallest absolute Gasteiger partial charge is 0.219 e. The van der Waals surface area contributed by atoms with Crippen molar-refractivity contribution in [2.45, 2.75) is 81.1 Å². The molecule has 1 aromatic carbocycles. The van der Waals surface area contributed by atoms with Crippen LogP contribution in [0.2, 0.25) is 0 Å². The molecule has 0 fully saturated rings. The number of fused-ring (bicyclic) bond motifs is 4. The summed E-state index contributed by atoms with van der Waals surface area (Å²) in [6.07, 6.45) is 11.6. The van der Waals surface area contributed by atoms with Crippen molar-refractivity contribution in [3.63, 3.8) is 0 Å². The minimum atomic E-state index is 0.592. The van der Waals surface area contributed by atoms with Gasteiger partial charge in [-0.05, 0) is 58.1 Å². The Hall–Kier alpha value is -6.33. The number of rotatable bonds is 3. The van der Waals surface area contributed by atoms with E-state index in [0.29, 0.717) is 11.3 Å². The standard InChI is InChI=1S/C7H7N3.3C6H6N4O.4C3H8/c1-10-7-5-3-2-4-6(7)8-9-10;1-11-10-6-4-7-3-2-5(6)8-9-10;1-11-10-5-3-2-4-7-6(5)8-9-10;1-11-10-6-5(8-9-10)3-2-4-7-6;4*1-3-2/h2-5H,1H3;3*2-4H,1H3;4*3H2,1-2H3. The van der Waals surface area contributed by atoms with E-state index in [9.17, 15) is 0 Å². The van der Waals surface area contributed by atoms with E-state index in [4.69, 9.17) is 14.5 Å². The Kier molecular flexibility index (Phi) is 23.9. The first kappa shape index (κ1) is 46.7. The van der Waals surface area contributed by atoms with Gasteiger partial charge in [-0.25, -0.2) is 14.6 Å². The zero-order valence-electron chi connectivity index (χ0n) is 34.3. The molecule has 7 aromatic heterocycles. The van der Waals surface area contributed by atoms with Gasteiger partial charge >= 0.3 is 0 Å². The van der Waals surface area contributed by atoms with E-state index in [-0.39, 0.29) is 0 Å². The Morgan fingerprint density at radius 2 is 0.945 bits per heavy atom. The lowest BCUT2D eigenvalue weighted by molar-refractivity contribution is 0.138. The molecular formula is C37H57N15O3. The SMILES string of the molecule is CCC.CCC.CCC.CCC.COn1nnc2cccnc21.COn1nnc2ccncc21.COn1nnc2ncccc21.Cn1nnc2ccccc21. The lowest BCUT2D eigenvalue weighted by Crippen LogP contribution is -2.07. The van der Waals surface area contributed by atoms with Gasteiger partial charge in [-0.2, -0.15) is 0 Å². The van der Waals surface area contributed by atoms with Crippen molar-refractivity contribution in [1.82, 2.24) is 75.4 Å². The first-order valence-corrected chi connectivity index (χ1v) is 18.1. The van der Waals surface area contributed by atoms with E-state index in [1.807, 2.05) is 43.4 Å². The van der Waals surface area contributed by atoms with Crippen molar-refractivity contribution in [2.24, 2.45) is 7.05 Å². The molecule has 0 aliphatic carbocycles. The second-order valence-electron chi connectivity index (χ2n) is 11.0. The van der Waals surface area contributed by atoms with Crippen molar-refractivity contribution in [3.8, 4) is 0 Å². The molecule has 8 aromatic rings. The van der Waals surface area contributed by atoms with Gasteiger partial charge in [0.15, 0.2) is 0 Å². The third kappa shape index (κ3) is 15.7. The molecule has 18 heteroatoms. The molecule has 298 valence electrons. The molecule has 0 N–H and O–H groups in total. The zero-order valence-corrected chi connectivity index (χ0v) is 34.3. The second-order valence-corrected chi connectivity index (χ2v) is 11.0. The van der Waals surface area contributed by atoms with Gasteiger partial charge in [0.2, 0.25) is 11.3 Å². The number of hydrogen-bond donors (Lipinski definition) is 0. The van der Waals surface area contributed by atoms with Crippen LogP contribution < -0.4 is 14.5 Å². The van der Waals surface area contributed by atoms with E-state index in [0.717, 1.165) is 33.1 Å². The molecule has 7 heterocycles. The molecule has 0 saturated carbocycles. The highest BCUT2D eigenvalue weighted by Crippen LogP contribution is 2.07. The fraction of sp³-hybridized carbons (Fsp3) is 0.432. The van der Waals surface area contributed by atoms with Crippen LogP contribution >= 0.6 is 0 Å². The number of pyridine rings is 3. The van der Waals surface area contributed by atoms with Crippen molar-refractivity contribution in [1.29, 1.82) is 0 Å². The minimum Gasteiger partial charge on any atom is -0.398 e. The minimum absolute atomic E-state index is 0.592. The van der Waals surface area contributed by atoms with Gasteiger partial charge in [0.05, 0.1) is 11.7 Å². The molecule has 0 amide bonds. The van der Waals surface area contributed by atoms with Crippen LogP contribution in [0.4, 0.5) is 0 Å². The Morgan fingerprint density at radius 3 is 1.58 bits per heavy atom. The summed E-state index contributed by atoms with van der Waals surface area (Å²) < 4.78 is 1.76. The number of para-hydroxylation sites is 1. The largest absolute Gasteiger partial charge is 0.398 e. The summed E-state index contributed by atoms with van der Waals surface area (Å²) in [7, 11) is 6.46. The van der Waals surface area contributed by atoms with Crippen LogP contribution in [0.15, 0.2) is 79.4 Å². The molecule has 0 aliphatic rings. The van der Waals surface area contributed by atoms with Gasteiger partial charge in [-0.1, -0.05) is 113 Å². The van der Waals surface area contributed by atoms with E-state index in [1.54, 1.807) is 47.7 Å². The average molecular weight is 760 g/mol. The highest BCUT2D eigenvalue weighted by molar-refractivity contribution is 5.74. The summed E-state index contributed by atoms with van der Waals surface area (Å²) in [5.74, 6) is 0. The van der Waals surface area contributed by atoms with Gasteiger partial charge in [0, 0.05) is 25.6 Å². The molecule has 55 heavy (non-hydrogen) atoms. The van der Waals surface area contributed by atoms with Crippen LogP contribution in [0.1, 0.15) is 81.1 Å². The summed E-state index contributed by atoms with van der Waals surface area (Å²) in [5, 5.41) is 30.3. The summed E-state index contributed by atoms with van der Waals surface area (Å²) in [6, 6.07) is 16.9.